The molecule has 0 bridgehead atoms. The number of nitrogens with zero attached hydrogens (tertiary/aromatic N) is 2. The average Bonchev–Trinajstić information content (AvgIpc) is 2.90. The SMILES string of the molecule is CCCCCN1CC2=C(C1=O)[C@@H](c1ccc(C)cc1)NC(=O)N2C. The standard InChI is InChI=1S/C19H25N3O2/c1-4-5-6-11-22-12-15-16(18(22)23)17(20-19(24)21(15)3)14-9-7-13(2)8-10-14/h7-10,17H,4-6,11-12H2,1-3H3,(H,20,24)/t17-/m1/s1. The van der Waals surface area contributed by atoms with Crippen LogP contribution in [-0.2, 0) is 4.79 Å². The van der Waals surface area contributed by atoms with Gasteiger partial charge < -0.3 is 10.2 Å². The van der Waals surface area contributed by atoms with Crippen LogP contribution < -0.4 is 5.32 Å². The van der Waals surface area contributed by atoms with Crippen molar-refractivity contribution >= 4 is 11.9 Å². The minimum atomic E-state index is -0.354. The van der Waals surface area contributed by atoms with E-state index in [0.29, 0.717) is 6.54 Å². The Balaban J connectivity index is 1.90. The molecule has 0 saturated heterocycles. The second kappa shape index (κ2) is 6.67. The number of carbonyl (C=O) groups excluding carboxylic acids is 2. The van der Waals surface area contributed by atoms with Crippen molar-refractivity contribution in [3.05, 3.63) is 46.7 Å². The lowest BCUT2D eigenvalue weighted by molar-refractivity contribution is -0.125. The number of urea groups is 1. The van der Waals surface area contributed by atoms with E-state index in [1.807, 2.05) is 36.1 Å². The summed E-state index contributed by atoms with van der Waals surface area (Å²) in [4.78, 5) is 28.7. The molecule has 2 heterocycles. The van der Waals surface area contributed by atoms with Gasteiger partial charge in [-0.3, -0.25) is 9.69 Å². The molecule has 3 rings (SSSR count). The minimum Gasteiger partial charge on any atom is -0.333 e. The van der Waals surface area contributed by atoms with E-state index in [1.54, 1.807) is 11.9 Å². The number of hydrogen-bond donors (Lipinski definition) is 1. The third-order valence-electron chi connectivity index (χ3n) is 4.88. The van der Waals surface area contributed by atoms with E-state index in [4.69, 9.17) is 0 Å². The van der Waals surface area contributed by atoms with Crippen molar-refractivity contribution in [2.24, 2.45) is 0 Å². The first kappa shape index (κ1) is 16.6. The molecule has 3 amide bonds. The van der Waals surface area contributed by atoms with Gasteiger partial charge >= 0.3 is 6.03 Å². The van der Waals surface area contributed by atoms with Gasteiger partial charge in [-0.2, -0.15) is 0 Å². The number of benzene rings is 1. The Morgan fingerprint density at radius 1 is 1.17 bits per heavy atom. The highest BCUT2D eigenvalue weighted by Crippen LogP contribution is 2.35. The van der Waals surface area contributed by atoms with Crippen molar-refractivity contribution < 1.29 is 9.59 Å². The van der Waals surface area contributed by atoms with Gasteiger partial charge in [0.2, 0.25) is 0 Å². The molecule has 1 N–H and O–H groups in total. The lowest BCUT2D eigenvalue weighted by Crippen LogP contribution is -2.45. The number of unbranched alkanes of at least 4 members (excludes halogenated alkanes) is 2. The van der Waals surface area contributed by atoms with Gasteiger partial charge in [-0.15, -0.1) is 0 Å². The van der Waals surface area contributed by atoms with Gasteiger partial charge in [0.1, 0.15) is 0 Å². The molecule has 5 nitrogen and oxygen atoms in total. The molecule has 0 spiro atoms. The normalized spacial score (nSPS) is 20.5. The van der Waals surface area contributed by atoms with E-state index >= 15 is 0 Å². The second-order valence-electron chi connectivity index (χ2n) is 6.65. The minimum absolute atomic E-state index is 0.0542. The zero-order chi connectivity index (χ0) is 17.3. The molecule has 2 aliphatic rings. The Labute approximate surface area is 143 Å². The maximum atomic E-state index is 12.9. The van der Waals surface area contributed by atoms with Crippen LogP contribution in [0.2, 0.25) is 0 Å². The van der Waals surface area contributed by atoms with Gasteiger partial charge in [-0.25, -0.2) is 4.79 Å². The van der Waals surface area contributed by atoms with Gasteiger partial charge in [-0.05, 0) is 18.9 Å². The third-order valence-corrected chi connectivity index (χ3v) is 4.88. The summed E-state index contributed by atoms with van der Waals surface area (Å²) in [6, 6.07) is 7.50. The molecule has 1 aromatic rings. The van der Waals surface area contributed by atoms with Crippen LogP contribution in [0.4, 0.5) is 4.79 Å². The topological polar surface area (TPSA) is 52.7 Å². The Morgan fingerprint density at radius 3 is 2.54 bits per heavy atom. The van der Waals surface area contributed by atoms with E-state index in [1.165, 1.54) is 0 Å². The molecule has 128 valence electrons. The molecule has 1 aromatic carbocycles. The van der Waals surface area contributed by atoms with Gasteiger partial charge in [0.25, 0.3) is 5.91 Å². The lowest BCUT2D eigenvalue weighted by atomic mass is 9.95. The van der Waals surface area contributed by atoms with Gasteiger partial charge in [0, 0.05) is 13.6 Å². The van der Waals surface area contributed by atoms with E-state index < -0.39 is 0 Å². The van der Waals surface area contributed by atoms with Crippen LogP contribution in [0.3, 0.4) is 0 Å². The molecule has 0 radical (unpaired) electrons. The number of hydrogen-bond acceptors (Lipinski definition) is 2. The first-order valence-corrected chi connectivity index (χ1v) is 8.66. The summed E-state index contributed by atoms with van der Waals surface area (Å²) in [6.45, 7) is 5.46. The van der Waals surface area contributed by atoms with Gasteiger partial charge in [-0.1, -0.05) is 49.6 Å². The number of carbonyl (C=O) groups is 2. The van der Waals surface area contributed by atoms with Crippen LogP contribution >= 0.6 is 0 Å². The van der Waals surface area contributed by atoms with E-state index in [9.17, 15) is 9.59 Å². The summed E-state index contributed by atoms with van der Waals surface area (Å²) in [5.41, 5.74) is 3.67. The first-order valence-electron chi connectivity index (χ1n) is 8.66. The van der Waals surface area contributed by atoms with Crippen LogP contribution in [0.15, 0.2) is 35.5 Å². The summed E-state index contributed by atoms with van der Waals surface area (Å²) in [5, 5.41) is 2.97. The quantitative estimate of drug-likeness (QED) is 0.845. The van der Waals surface area contributed by atoms with Crippen LogP contribution in [0.25, 0.3) is 0 Å². The largest absolute Gasteiger partial charge is 0.333 e. The van der Waals surface area contributed by atoms with E-state index in [2.05, 4.69) is 12.2 Å². The molecular formula is C19H25N3O2. The Hall–Kier alpha value is -2.30. The predicted octanol–water partition coefficient (Wildman–Crippen LogP) is 2.98. The van der Waals surface area contributed by atoms with E-state index in [-0.39, 0.29) is 18.0 Å². The number of amides is 3. The highest BCUT2D eigenvalue weighted by Gasteiger charge is 2.42. The average molecular weight is 327 g/mol. The molecule has 0 saturated carbocycles. The van der Waals surface area contributed by atoms with Gasteiger partial charge in [0.05, 0.1) is 23.9 Å². The highest BCUT2D eigenvalue weighted by atomic mass is 16.2. The van der Waals surface area contributed by atoms with Gasteiger partial charge in [0.15, 0.2) is 0 Å². The van der Waals surface area contributed by atoms with Crippen LogP contribution in [-0.4, -0.2) is 41.9 Å². The van der Waals surface area contributed by atoms with Crippen molar-refractivity contribution in [1.82, 2.24) is 15.1 Å². The second-order valence-corrected chi connectivity index (χ2v) is 6.65. The number of nitrogens with one attached hydrogen (secondary N) is 1. The van der Waals surface area contributed by atoms with Crippen molar-refractivity contribution in [3.63, 3.8) is 0 Å². The molecule has 0 aromatic heterocycles. The Kier molecular flexibility index (Phi) is 4.60. The number of likely N-dealkylation sites (N-methyl/N-ethyl adjacent to an activating group) is 1. The van der Waals surface area contributed by atoms with Crippen molar-refractivity contribution in [3.8, 4) is 0 Å². The first-order chi connectivity index (χ1) is 11.5. The van der Waals surface area contributed by atoms with Crippen LogP contribution in [0.5, 0.6) is 0 Å². The number of aryl methyl sites for hydroxylation is 1. The monoisotopic (exact) mass is 327 g/mol. The highest BCUT2D eigenvalue weighted by molar-refractivity contribution is 6.01. The van der Waals surface area contributed by atoms with Crippen LogP contribution in [0, 0.1) is 6.92 Å². The molecular weight excluding hydrogens is 302 g/mol. The molecule has 0 fully saturated rings. The fourth-order valence-electron chi connectivity index (χ4n) is 3.37. The predicted molar refractivity (Wildman–Crippen MR) is 93.3 cm³/mol. The van der Waals surface area contributed by atoms with Crippen molar-refractivity contribution in [2.75, 3.05) is 20.1 Å². The molecule has 24 heavy (non-hydrogen) atoms. The molecule has 0 aliphatic carbocycles. The fraction of sp³-hybridized carbons (Fsp3) is 0.474. The lowest BCUT2D eigenvalue weighted by Gasteiger charge is -2.31. The molecule has 0 unspecified atom stereocenters. The van der Waals surface area contributed by atoms with Crippen molar-refractivity contribution in [1.29, 1.82) is 0 Å². The smallest absolute Gasteiger partial charge is 0.322 e. The zero-order valence-corrected chi connectivity index (χ0v) is 14.6. The Bertz CT molecular complexity index is 678. The maximum absolute atomic E-state index is 12.9. The number of rotatable bonds is 5. The molecule has 5 heteroatoms. The molecule has 1 atom stereocenters. The third kappa shape index (κ3) is 2.90. The van der Waals surface area contributed by atoms with E-state index in [0.717, 1.165) is 48.2 Å². The summed E-state index contributed by atoms with van der Waals surface area (Å²) in [7, 11) is 1.73. The summed E-state index contributed by atoms with van der Waals surface area (Å²) < 4.78 is 0. The van der Waals surface area contributed by atoms with Crippen LogP contribution in [0.1, 0.15) is 43.4 Å². The molecule has 2 aliphatic heterocycles. The summed E-state index contributed by atoms with van der Waals surface area (Å²) >= 11 is 0. The zero-order valence-electron chi connectivity index (χ0n) is 14.6. The Morgan fingerprint density at radius 2 is 1.88 bits per heavy atom. The summed E-state index contributed by atoms with van der Waals surface area (Å²) in [5.74, 6) is 0.0542. The maximum Gasteiger partial charge on any atom is 0.322 e. The fourth-order valence-corrected chi connectivity index (χ4v) is 3.37. The summed E-state index contributed by atoms with van der Waals surface area (Å²) in [6.07, 6.45) is 3.24. The van der Waals surface area contributed by atoms with Crippen molar-refractivity contribution in [2.45, 2.75) is 39.2 Å².